The monoisotopic (exact) mass is 236 g/mol. The van der Waals surface area contributed by atoms with Gasteiger partial charge in [0.25, 0.3) is 5.91 Å². The SMILES string of the molecule is CN1c2ccccc2N2C(=O)c3ccccc3C12. The lowest BCUT2D eigenvalue weighted by Gasteiger charge is -2.22. The molecule has 0 spiro atoms. The number of hydrogen-bond donors (Lipinski definition) is 0. The highest BCUT2D eigenvalue weighted by molar-refractivity contribution is 6.14. The largest absolute Gasteiger partial charge is 0.348 e. The molecule has 18 heavy (non-hydrogen) atoms. The molecule has 2 aromatic carbocycles. The van der Waals surface area contributed by atoms with E-state index in [4.69, 9.17) is 0 Å². The number of fused-ring (bicyclic) bond motifs is 5. The van der Waals surface area contributed by atoms with Crippen molar-refractivity contribution < 1.29 is 4.79 Å². The van der Waals surface area contributed by atoms with E-state index in [1.807, 2.05) is 54.4 Å². The van der Waals surface area contributed by atoms with Crippen LogP contribution in [-0.2, 0) is 0 Å². The van der Waals surface area contributed by atoms with Crippen molar-refractivity contribution in [1.82, 2.24) is 0 Å². The molecule has 1 atom stereocenters. The molecule has 3 heteroatoms. The Morgan fingerprint density at radius 2 is 1.61 bits per heavy atom. The van der Waals surface area contributed by atoms with Gasteiger partial charge >= 0.3 is 0 Å². The second-order valence-corrected chi connectivity index (χ2v) is 4.74. The number of rotatable bonds is 0. The van der Waals surface area contributed by atoms with Gasteiger partial charge in [0.1, 0.15) is 6.17 Å². The maximum atomic E-state index is 12.5. The van der Waals surface area contributed by atoms with E-state index in [9.17, 15) is 4.79 Å². The van der Waals surface area contributed by atoms with Crippen LogP contribution in [0.4, 0.5) is 11.4 Å². The van der Waals surface area contributed by atoms with Gasteiger partial charge in [0.05, 0.1) is 11.4 Å². The van der Waals surface area contributed by atoms with Crippen LogP contribution in [0.3, 0.4) is 0 Å². The third-order valence-electron chi connectivity index (χ3n) is 3.82. The summed E-state index contributed by atoms with van der Waals surface area (Å²) in [6.45, 7) is 0. The van der Waals surface area contributed by atoms with Gasteiger partial charge in [-0.25, -0.2) is 0 Å². The predicted molar refractivity (Wildman–Crippen MR) is 70.8 cm³/mol. The van der Waals surface area contributed by atoms with Crippen molar-refractivity contribution in [3.63, 3.8) is 0 Å². The van der Waals surface area contributed by atoms with Crippen molar-refractivity contribution >= 4 is 17.3 Å². The summed E-state index contributed by atoms with van der Waals surface area (Å²) < 4.78 is 0. The number of carbonyl (C=O) groups excluding carboxylic acids is 1. The fourth-order valence-corrected chi connectivity index (χ4v) is 3.02. The quantitative estimate of drug-likeness (QED) is 0.702. The number of amides is 1. The minimum Gasteiger partial charge on any atom is -0.348 e. The fourth-order valence-electron chi connectivity index (χ4n) is 3.02. The molecule has 88 valence electrons. The van der Waals surface area contributed by atoms with Gasteiger partial charge in [-0.15, -0.1) is 0 Å². The molecule has 0 aliphatic carbocycles. The first-order valence-corrected chi connectivity index (χ1v) is 6.03. The Bertz CT molecular complexity index is 665. The van der Waals surface area contributed by atoms with Crippen molar-refractivity contribution in [1.29, 1.82) is 0 Å². The molecule has 2 aliphatic heterocycles. The highest BCUT2D eigenvalue weighted by Crippen LogP contribution is 2.49. The van der Waals surface area contributed by atoms with Crippen LogP contribution >= 0.6 is 0 Å². The topological polar surface area (TPSA) is 23.6 Å². The lowest BCUT2D eigenvalue weighted by Crippen LogP contribution is -2.30. The summed E-state index contributed by atoms with van der Waals surface area (Å²) in [6.07, 6.45) is 0.0195. The first-order chi connectivity index (χ1) is 8.79. The van der Waals surface area contributed by atoms with Gasteiger partial charge in [-0.2, -0.15) is 0 Å². The molecule has 0 bridgehead atoms. The van der Waals surface area contributed by atoms with Crippen molar-refractivity contribution in [3.8, 4) is 0 Å². The van der Waals surface area contributed by atoms with Gasteiger partial charge in [0, 0.05) is 18.2 Å². The molecule has 1 unspecified atom stereocenters. The minimum atomic E-state index is 0.0195. The van der Waals surface area contributed by atoms with Crippen LogP contribution in [0.2, 0.25) is 0 Å². The van der Waals surface area contributed by atoms with Gasteiger partial charge in [-0.3, -0.25) is 9.69 Å². The van der Waals surface area contributed by atoms with Gasteiger partial charge < -0.3 is 4.90 Å². The Labute approximate surface area is 105 Å². The molecule has 0 radical (unpaired) electrons. The standard InChI is InChI=1S/C15H12N2O/c1-16-12-8-4-5-9-13(12)17-14(16)10-6-2-3-7-11(10)15(17)18/h2-9,14H,1H3. The summed E-state index contributed by atoms with van der Waals surface area (Å²) >= 11 is 0. The molecule has 0 N–H and O–H groups in total. The van der Waals surface area contributed by atoms with E-state index in [0.29, 0.717) is 0 Å². The van der Waals surface area contributed by atoms with Gasteiger partial charge in [0.15, 0.2) is 0 Å². The molecule has 2 heterocycles. The molecule has 0 fully saturated rings. The average Bonchev–Trinajstić information content (AvgIpc) is 2.87. The Morgan fingerprint density at radius 3 is 2.44 bits per heavy atom. The maximum Gasteiger partial charge on any atom is 0.260 e. The smallest absolute Gasteiger partial charge is 0.260 e. The Balaban J connectivity index is 1.98. The zero-order chi connectivity index (χ0) is 12.3. The van der Waals surface area contributed by atoms with E-state index in [0.717, 1.165) is 22.5 Å². The zero-order valence-corrected chi connectivity index (χ0v) is 10.00. The summed E-state index contributed by atoms with van der Waals surface area (Å²) in [4.78, 5) is 16.5. The normalized spacial score (nSPS) is 19.8. The number of nitrogens with zero attached hydrogens (tertiary/aromatic N) is 2. The van der Waals surface area contributed by atoms with Crippen molar-refractivity contribution in [2.45, 2.75) is 6.17 Å². The number of carbonyl (C=O) groups is 1. The van der Waals surface area contributed by atoms with E-state index in [2.05, 4.69) is 11.0 Å². The first-order valence-electron chi connectivity index (χ1n) is 6.03. The van der Waals surface area contributed by atoms with E-state index < -0.39 is 0 Å². The molecule has 3 nitrogen and oxygen atoms in total. The van der Waals surface area contributed by atoms with Crippen LogP contribution in [0.15, 0.2) is 48.5 Å². The number of para-hydroxylation sites is 2. The van der Waals surface area contributed by atoms with E-state index in [-0.39, 0.29) is 12.1 Å². The zero-order valence-electron chi connectivity index (χ0n) is 10.00. The first kappa shape index (κ1) is 9.71. The third kappa shape index (κ3) is 0.973. The lowest BCUT2D eigenvalue weighted by atomic mass is 10.1. The van der Waals surface area contributed by atoms with Crippen LogP contribution in [-0.4, -0.2) is 13.0 Å². The number of hydrogen-bond acceptors (Lipinski definition) is 2. The number of anilines is 2. The molecule has 0 saturated carbocycles. The predicted octanol–water partition coefficient (Wildman–Crippen LogP) is 2.80. The van der Waals surface area contributed by atoms with E-state index in [1.54, 1.807) is 0 Å². The summed E-state index contributed by atoms with van der Waals surface area (Å²) in [5.41, 5.74) is 4.04. The fraction of sp³-hybridized carbons (Fsp3) is 0.133. The van der Waals surface area contributed by atoms with Gasteiger partial charge in [-0.05, 0) is 18.2 Å². The summed E-state index contributed by atoms with van der Waals surface area (Å²) in [6, 6.07) is 15.9. The second kappa shape index (κ2) is 3.13. The van der Waals surface area contributed by atoms with Crippen LogP contribution in [0, 0.1) is 0 Å². The molecule has 2 aliphatic rings. The average molecular weight is 236 g/mol. The Morgan fingerprint density at radius 1 is 0.944 bits per heavy atom. The van der Waals surface area contributed by atoms with Crippen molar-refractivity contribution in [3.05, 3.63) is 59.7 Å². The highest BCUT2D eigenvalue weighted by Gasteiger charge is 2.45. The summed E-state index contributed by atoms with van der Waals surface area (Å²) in [5, 5.41) is 0. The van der Waals surface area contributed by atoms with Crippen LogP contribution < -0.4 is 9.80 Å². The molecule has 0 saturated heterocycles. The number of benzene rings is 2. The summed E-state index contributed by atoms with van der Waals surface area (Å²) in [7, 11) is 2.04. The Hall–Kier alpha value is -2.29. The molecular formula is C15H12N2O. The maximum absolute atomic E-state index is 12.5. The van der Waals surface area contributed by atoms with E-state index in [1.165, 1.54) is 0 Å². The minimum absolute atomic E-state index is 0.0195. The van der Waals surface area contributed by atoms with Crippen LogP contribution in [0.25, 0.3) is 0 Å². The van der Waals surface area contributed by atoms with Gasteiger partial charge in [-0.1, -0.05) is 30.3 Å². The van der Waals surface area contributed by atoms with Crippen molar-refractivity contribution in [2.75, 3.05) is 16.8 Å². The van der Waals surface area contributed by atoms with Gasteiger partial charge in [0.2, 0.25) is 0 Å². The molecular weight excluding hydrogens is 224 g/mol. The molecule has 1 amide bonds. The van der Waals surface area contributed by atoms with Crippen LogP contribution in [0.1, 0.15) is 22.1 Å². The second-order valence-electron chi connectivity index (χ2n) is 4.74. The Kier molecular flexibility index (Phi) is 1.69. The van der Waals surface area contributed by atoms with Crippen molar-refractivity contribution in [2.24, 2.45) is 0 Å². The third-order valence-corrected chi connectivity index (χ3v) is 3.82. The van der Waals surface area contributed by atoms with Crippen LogP contribution in [0.5, 0.6) is 0 Å². The molecule has 2 aromatic rings. The highest BCUT2D eigenvalue weighted by atomic mass is 16.2. The lowest BCUT2D eigenvalue weighted by molar-refractivity contribution is 0.0993. The molecule has 0 aromatic heterocycles. The molecule has 4 rings (SSSR count). The van der Waals surface area contributed by atoms with E-state index >= 15 is 0 Å². The summed E-state index contributed by atoms with van der Waals surface area (Å²) in [5.74, 6) is 0.104.